The SMILES string of the molecule is CSCCN(C)CC(=O)Nc1c(C)cccc1N. The summed E-state index contributed by atoms with van der Waals surface area (Å²) in [6, 6.07) is 5.61. The second-order valence-corrected chi connectivity index (χ2v) is 5.30. The third-order valence-corrected chi connectivity index (χ3v) is 3.25. The Balaban J connectivity index is 2.54. The fraction of sp³-hybridized carbons (Fsp3) is 0.462. The monoisotopic (exact) mass is 267 g/mol. The number of aryl methyl sites for hydroxylation is 1. The minimum atomic E-state index is -0.0281. The summed E-state index contributed by atoms with van der Waals surface area (Å²) < 4.78 is 0. The minimum absolute atomic E-state index is 0.0281. The molecule has 1 amide bonds. The van der Waals surface area contributed by atoms with Crippen molar-refractivity contribution < 1.29 is 4.79 Å². The Morgan fingerprint density at radius 2 is 2.22 bits per heavy atom. The first-order valence-corrected chi connectivity index (χ1v) is 7.26. The molecule has 0 fully saturated rings. The van der Waals surface area contributed by atoms with Crippen LogP contribution in [0.15, 0.2) is 18.2 Å². The van der Waals surface area contributed by atoms with Gasteiger partial charge in [0.25, 0.3) is 0 Å². The maximum Gasteiger partial charge on any atom is 0.238 e. The molecule has 0 atom stereocenters. The van der Waals surface area contributed by atoms with E-state index in [2.05, 4.69) is 11.6 Å². The molecule has 0 aliphatic carbocycles. The Labute approximate surface area is 113 Å². The Kier molecular flexibility index (Phi) is 6.01. The van der Waals surface area contributed by atoms with Crippen molar-refractivity contribution >= 4 is 29.0 Å². The van der Waals surface area contributed by atoms with Crippen LogP contribution in [0, 0.1) is 6.92 Å². The summed E-state index contributed by atoms with van der Waals surface area (Å²) in [7, 11) is 1.94. The summed E-state index contributed by atoms with van der Waals surface area (Å²) in [4.78, 5) is 13.9. The number of hydrogen-bond donors (Lipinski definition) is 2. The number of likely N-dealkylation sites (N-methyl/N-ethyl adjacent to an activating group) is 1. The van der Waals surface area contributed by atoms with Gasteiger partial charge in [-0.05, 0) is 31.9 Å². The van der Waals surface area contributed by atoms with Crippen molar-refractivity contribution in [3.05, 3.63) is 23.8 Å². The molecule has 0 saturated carbocycles. The molecule has 5 heteroatoms. The van der Waals surface area contributed by atoms with E-state index in [1.807, 2.05) is 31.0 Å². The lowest BCUT2D eigenvalue weighted by molar-refractivity contribution is -0.117. The predicted octanol–water partition coefficient (Wildman–Crippen LogP) is 1.81. The summed E-state index contributed by atoms with van der Waals surface area (Å²) in [5, 5.41) is 2.87. The van der Waals surface area contributed by atoms with Crippen LogP contribution < -0.4 is 11.1 Å². The number of nitrogen functional groups attached to an aromatic ring is 1. The van der Waals surface area contributed by atoms with E-state index < -0.39 is 0 Å². The van der Waals surface area contributed by atoms with E-state index in [1.54, 1.807) is 17.8 Å². The number of thioether (sulfide) groups is 1. The second kappa shape index (κ2) is 7.28. The number of para-hydroxylation sites is 1. The average molecular weight is 267 g/mol. The predicted molar refractivity (Wildman–Crippen MR) is 80.1 cm³/mol. The fourth-order valence-corrected chi connectivity index (χ4v) is 2.11. The lowest BCUT2D eigenvalue weighted by Gasteiger charge is -2.17. The van der Waals surface area contributed by atoms with E-state index in [-0.39, 0.29) is 5.91 Å². The number of nitrogens with one attached hydrogen (secondary N) is 1. The highest BCUT2D eigenvalue weighted by Gasteiger charge is 2.09. The Morgan fingerprint density at radius 3 is 2.83 bits per heavy atom. The first kappa shape index (κ1) is 14.9. The molecular weight excluding hydrogens is 246 g/mol. The summed E-state index contributed by atoms with van der Waals surface area (Å²) in [6.07, 6.45) is 2.06. The van der Waals surface area contributed by atoms with Gasteiger partial charge in [0.1, 0.15) is 0 Å². The van der Waals surface area contributed by atoms with Gasteiger partial charge in [-0.15, -0.1) is 0 Å². The van der Waals surface area contributed by atoms with E-state index in [4.69, 9.17) is 5.73 Å². The topological polar surface area (TPSA) is 58.4 Å². The number of nitrogens with zero attached hydrogens (tertiary/aromatic N) is 1. The first-order chi connectivity index (χ1) is 8.54. The van der Waals surface area contributed by atoms with Gasteiger partial charge in [0, 0.05) is 12.3 Å². The zero-order valence-electron chi connectivity index (χ0n) is 11.2. The molecule has 18 heavy (non-hydrogen) atoms. The number of carbonyl (C=O) groups excluding carboxylic acids is 1. The van der Waals surface area contributed by atoms with Crippen molar-refractivity contribution in [3.63, 3.8) is 0 Å². The molecule has 1 aromatic carbocycles. The van der Waals surface area contributed by atoms with E-state index in [0.29, 0.717) is 12.2 Å². The maximum atomic E-state index is 11.9. The molecule has 0 bridgehead atoms. The van der Waals surface area contributed by atoms with Crippen LogP contribution in [-0.2, 0) is 4.79 Å². The first-order valence-electron chi connectivity index (χ1n) is 5.87. The van der Waals surface area contributed by atoms with Gasteiger partial charge in [0.2, 0.25) is 5.91 Å². The summed E-state index contributed by atoms with van der Waals surface area (Å²) in [5.74, 6) is 0.996. The molecule has 3 N–H and O–H groups in total. The molecule has 0 heterocycles. The van der Waals surface area contributed by atoms with Crippen molar-refractivity contribution in [1.29, 1.82) is 0 Å². The number of benzene rings is 1. The van der Waals surface area contributed by atoms with Gasteiger partial charge in [0.05, 0.1) is 17.9 Å². The Bertz CT molecular complexity index is 389. The molecule has 100 valence electrons. The van der Waals surface area contributed by atoms with Gasteiger partial charge in [-0.1, -0.05) is 12.1 Å². The zero-order chi connectivity index (χ0) is 13.5. The van der Waals surface area contributed by atoms with Crippen LogP contribution in [0.2, 0.25) is 0 Å². The van der Waals surface area contributed by atoms with Crippen molar-refractivity contribution in [2.24, 2.45) is 0 Å². The number of hydrogen-bond acceptors (Lipinski definition) is 4. The zero-order valence-corrected chi connectivity index (χ0v) is 12.0. The minimum Gasteiger partial charge on any atom is -0.397 e. The number of anilines is 2. The van der Waals surface area contributed by atoms with Crippen LogP contribution in [-0.4, -0.2) is 43.0 Å². The number of carbonyl (C=O) groups is 1. The van der Waals surface area contributed by atoms with E-state index in [1.165, 1.54) is 0 Å². The standard InChI is InChI=1S/C13H21N3OS/c1-10-5-4-6-11(14)13(10)15-12(17)9-16(2)7-8-18-3/h4-6H,7-9,14H2,1-3H3,(H,15,17). The van der Waals surface area contributed by atoms with Crippen molar-refractivity contribution in [1.82, 2.24) is 4.90 Å². The van der Waals surface area contributed by atoms with Crippen LogP contribution >= 0.6 is 11.8 Å². The van der Waals surface area contributed by atoms with Gasteiger partial charge in [0.15, 0.2) is 0 Å². The van der Waals surface area contributed by atoms with Crippen LogP contribution in [0.25, 0.3) is 0 Å². The number of nitrogens with two attached hydrogens (primary N) is 1. The quantitative estimate of drug-likeness (QED) is 0.772. The van der Waals surface area contributed by atoms with Crippen LogP contribution in [0.3, 0.4) is 0 Å². The largest absolute Gasteiger partial charge is 0.397 e. The van der Waals surface area contributed by atoms with Gasteiger partial charge < -0.3 is 11.1 Å². The fourth-order valence-electron chi connectivity index (χ4n) is 1.61. The van der Waals surface area contributed by atoms with Crippen LogP contribution in [0.1, 0.15) is 5.56 Å². The average Bonchev–Trinajstić information content (AvgIpc) is 2.31. The third-order valence-electron chi connectivity index (χ3n) is 2.66. The molecule has 1 rings (SSSR count). The normalized spacial score (nSPS) is 10.7. The van der Waals surface area contributed by atoms with E-state index in [0.717, 1.165) is 23.5 Å². The lowest BCUT2D eigenvalue weighted by atomic mass is 10.1. The van der Waals surface area contributed by atoms with Crippen molar-refractivity contribution in [2.45, 2.75) is 6.92 Å². The smallest absolute Gasteiger partial charge is 0.238 e. The van der Waals surface area contributed by atoms with E-state index in [9.17, 15) is 4.79 Å². The highest BCUT2D eigenvalue weighted by atomic mass is 32.2. The van der Waals surface area contributed by atoms with E-state index >= 15 is 0 Å². The van der Waals surface area contributed by atoms with Gasteiger partial charge in [-0.25, -0.2) is 0 Å². The number of rotatable bonds is 6. The van der Waals surface area contributed by atoms with Crippen LogP contribution in [0.4, 0.5) is 11.4 Å². The molecule has 0 spiro atoms. The highest BCUT2D eigenvalue weighted by molar-refractivity contribution is 7.98. The summed E-state index contributed by atoms with van der Waals surface area (Å²) in [6.45, 7) is 3.22. The molecule has 0 saturated heterocycles. The molecule has 0 aliphatic heterocycles. The Hall–Kier alpha value is -1.20. The summed E-state index contributed by atoms with van der Waals surface area (Å²) in [5.41, 5.74) is 8.16. The van der Waals surface area contributed by atoms with Crippen molar-refractivity contribution in [3.8, 4) is 0 Å². The van der Waals surface area contributed by atoms with Crippen LogP contribution in [0.5, 0.6) is 0 Å². The highest BCUT2D eigenvalue weighted by Crippen LogP contribution is 2.22. The van der Waals surface area contributed by atoms with Gasteiger partial charge >= 0.3 is 0 Å². The second-order valence-electron chi connectivity index (χ2n) is 4.32. The molecule has 0 aromatic heterocycles. The summed E-state index contributed by atoms with van der Waals surface area (Å²) >= 11 is 1.77. The molecule has 1 aromatic rings. The molecule has 0 unspecified atom stereocenters. The molecular formula is C13H21N3OS. The Morgan fingerprint density at radius 1 is 1.50 bits per heavy atom. The van der Waals surface area contributed by atoms with Crippen molar-refractivity contribution in [2.75, 3.05) is 43.2 Å². The van der Waals surface area contributed by atoms with Gasteiger partial charge in [-0.2, -0.15) is 11.8 Å². The lowest BCUT2D eigenvalue weighted by Crippen LogP contribution is -2.32. The number of amides is 1. The van der Waals surface area contributed by atoms with Gasteiger partial charge in [-0.3, -0.25) is 9.69 Å². The molecule has 0 radical (unpaired) electrons. The maximum absolute atomic E-state index is 11.9. The third kappa shape index (κ3) is 4.58. The molecule has 4 nitrogen and oxygen atoms in total. The molecule has 0 aliphatic rings.